The Morgan fingerprint density at radius 2 is 1.38 bits per heavy atom. The van der Waals surface area contributed by atoms with Crippen molar-refractivity contribution < 1.29 is 39.1 Å². The molecule has 29 heavy (non-hydrogen) atoms. The zero-order chi connectivity index (χ0) is 22.4. The molecule has 9 heteroatoms. The summed E-state index contributed by atoms with van der Waals surface area (Å²) >= 11 is 0. The van der Waals surface area contributed by atoms with E-state index in [1.807, 2.05) is 0 Å². The summed E-state index contributed by atoms with van der Waals surface area (Å²) in [5.74, 6) is 1.97. The second kappa shape index (κ2) is 13.8. The van der Waals surface area contributed by atoms with Crippen molar-refractivity contribution in [2.24, 2.45) is 0 Å². The number of aliphatic hydroxyl groups is 1. The minimum atomic E-state index is -1.04. The fourth-order valence-electron chi connectivity index (χ4n) is 2.28. The van der Waals surface area contributed by atoms with Gasteiger partial charge < -0.3 is 34.3 Å². The third-order valence-corrected chi connectivity index (χ3v) is 3.59. The number of aromatic hydroxyl groups is 1. The average Bonchev–Trinajstić information content (AvgIpc) is 2.75. The van der Waals surface area contributed by atoms with Crippen LogP contribution in [0, 0.1) is 0 Å². The maximum atomic E-state index is 11.1. The van der Waals surface area contributed by atoms with E-state index in [4.69, 9.17) is 34.3 Å². The van der Waals surface area contributed by atoms with Crippen molar-refractivity contribution in [3.8, 4) is 28.7 Å². The highest BCUT2D eigenvalue weighted by molar-refractivity contribution is 5.87. The summed E-state index contributed by atoms with van der Waals surface area (Å²) in [6, 6.07) is 10.0. The molecule has 0 saturated carbocycles. The lowest BCUT2D eigenvalue weighted by molar-refractivity contribution is 0.202. The van der Waals surface area contributed by atoms with Crippen molar-refractivity contribution in [1.29, 1.82) is 0 Å². The van der Waals surface area contributed by atoms with Gasteiger partial charge in [-0.2, -0.15) is 0 Å². The number of hydrogen-bond donors (Lipinski definition) is 3. The Hall–Kier alpha value is -3.33. The van der Waals surface area contributed by atoms with E-state index in [-0.39, 0.29) is 5.75 Å². The highest BCUT2D eigenvalue weighted by Gasteiger charge is 2.19. The van der Waals surface area contributed by atoms with E-state index in [2.05, 4.69) is 0 Å². The SMILES string of the molecule is CCN(C(=O)O)c1cc(OC)c(OC)c(OC)c1.CO.COc1ccccc1O. The molecule has 3 N–H and O–H groups in total. The largest absolute Gasteiger partial charge is 0.504 e. The third kappa shape index (κ3) is 7.30. The molecule has 0 atom stereocenters. The van der Waals surface area contributed by atoms with Crippen molar-refractivity contribution >= 4 is 11.8 Å². The highest BCUT2D eigenvalue weighted by atomic mass is 16.5. The predicted molar refractivity (Wildman–Crippen MR) is 110 cm³/mol. The number of nitrogens with zero attached hydrogens (tertiary/aromatic N) is 1. The van der Waals surface area contributed by atoms with Crippen LogP contribution in [0.5, 0.6) is 28.7 Å². The van der Waals surface area contributed by atoms with Crippen LogP contribution in [0.1, 0.15) is 6.92 Å². The second-order valence-electron chi connectivity index (χ2n) is 5.08. The molecule has 0 aliphatic heterocycles. The van der Waals surface area contributed by atoms with Crippen LogP contribution in [0.2, 0.25) is 0 Å². The maximum absolute atomic E-state index is 11.1. The summed E-state index contributed by atoms with van der Waals surface area (Å²) in [5.41, 5.74) is 0.472. The van der Waals surface area contributed by atoms with Crippen molar-refractivity contribution in [2.75, 3.05) is 47.0 Å². The maximum Gasteiger partial charge on any atom is 0.411 e. The molecular formula is C20H29NO8. The van der Waals surface area contributed by atoms with Crippen molar-refractivity contribution in [1.82, 2.24) is 0 Å². The Kier molecular flexibility index (Phi) is 12.2. The minimum absolute atomic E-state index is 0.181. The quantitative estimate of drug-likeness (QED) is 0.663. The zero-order valence-electron chi connectivity index (χ0n) is 17.5. The number of para-hydroxylation sites is 2. The topological polar surface area (TPSA) is 118 Å². The number of carbonyl (C=O) groups is 1. The van der Waals surface area contributed by atoms with E-state index >= 15 is 0 Å². The van der Waals surface area contributed by atoms with Crippen LogP contribution in [0.25, 0.3) is 0 Å². The fraction of sp³-hybridized carbons (Fsp3) is 0.350. The summed E-state index contributed by atoms with van der Waals surface area (Å²) in [6.07, 6.45) is -1.04. The first-order valence-electron chi connectivity index (χ1n) is 8.50. The molecule has 0 fully saturated rings. The first-order valence-corrected chi connectivity index (χ1v) is 8.50. The first-order chi connectivity index (χ1) is 13.9. The molecule has 162 valence electrons. The number of phenols is 1. The van der Waals surface area contributed by atoms with Gasteiger partial charge in [-0.25, -0.2) is 4.79 Å². The Bertz CT molecular complexity index is 726. The summed E-state index contributed by atoms with van der Waals surface area (Å²) in [4.78, 5) is 12.3. The van der Waals surface area contributed by atoms with Gasteiger partial charge in [-0.1, -0.05) is 12.1 Å². The lowest BCUT2D eigenvalue weighted by Gasteiger charge is -2.20. The molecule has 0 bridgehead atoms. The van der Waals surface area contributed by atoms with Gasteiger partial charge in [0.25, 0.3) is 0 Å². The van der Waals surface area contributed by atoms with E-state index in [9.17, 15) is 4.79 Å². The van der Waals surface area contributed by atoms with Gasteiger partial charge in [0.1, 0.15) is 0 Å². The number of hydrogen-bond acceptors (Lipinski definition) is 7. The van der Waals surface area contributed by atoms with E-state index in [0.29, 0.717) is 35.2 Å². The van der Waals surface area contributed by atoms with E-state index in [1.165, 1.54) is 33.3 Å². The van der Waals surface area contributed by atoms with Crippen molar-refractivity contribution in [3.63, 3.8) is 0 Å². The van der Waals surface area contributed by atoms with Crippen LogP contribution in [-0.2, 0) is 0 Å². The number of carboxylic acid groups (broad SMARTS) is 1. The zero-order valence-corrected chi connectivity index (χ0v) is 17.5. The van der Waals surface area contributed by atoms with Crippen LogP contribution >= 0.6 is 0 Å². The molecule has 2 aromatic rings. The van der Waals surface area contributed by atoms with Gasteiger partial charge in [-0.15, -0.1) is 0 Å². The van der Waals surface area contributed by atoms with Gasteiger partial charge in [-0.3, -0.25) is 4.90 Å². The molecule has 0 saturated heterocycles. The number of aliphatic hydroxyl groups excluding tert-OH is 1. The average molecular weight is 411 g/mol. The van der Waals surface area contributed by atoms with Crippen LogP contribution in [0.4, 0.5) is 10.5 Å². The lowest BCUT2D eigenvalue weighted by Crippen LogP contribution is -2.28. The Morgan fingerprint density at radius 1 is 0.897 bits per heavy atom. The van der Waals surface area contributed by atoms with Gasteiger partial charge in [0, 0.05) is 25.8 Å². The van der Waals surface area contributed by atoms with Crippen molar-refractivity contribution in [3.05, 3.63) is 36.4 Å². The summed E-state index contributed by atoms with van der Waals surface area (Å²) in [7, 11) is 6.99. The van der Waals surface area contributed by atoms with E-state index < -0.39 is 6.09 Å². The number of ether oxygens (including phenoxy) is 4. The predicted octanol–water partition coefficient (Wildman–Crippen LogP) is 3.23. The van der Waals surface area contributed by atoms with Crippen LogP contribution in [-0.4, -0.2) is 63.5 Å². The van der Waals surface area contributed by atoms with E-state index in [1.54, 1.807) is 43.3 Å². The van der Waals surface area contributed by atoms with Crippen LogP contribution < -0.4 is 23.8 Å². The summed E-state index contributed by atoms with van der Waals surface area (Å²) in [5, 5.41) is 25.1. The molecule has 2 aromatic carbocycles. The Labute approximate surface area is 170 Å². The minimum Gasteiger partial charge on any atom is -0.504 e. The number of phenolic OH excluding ortho intramolecular Hbond substituents is 1. The second-order valence-corrected chi connectivity index (χ2v) is 5.08. The number of anilines is 1. The van der Waals surface area contributed by atoms with Gasteiger partial charge in [0.15, 0.2) is 23.0 Å². The van der Waals surface area contributed by atoms with Crippen LogP contribution in [0.15, 0.2) is 36.4 Å². The molecule has 0 aliphatic carbocycles. The Balaban J connectivity index is 0.000000595. The molecule has 2 rings (SSSR count). The fourth-order valence-corrected chi connectivity index (χ4v) is 2.28. The van der Waals surface area contributed by atoms with Gasteiger partial charge >= 0.3 is 6.09 Å². The van der Waals surface area contributed by atoms with E-state index in [0.717, 1.165) is 7.11 Å². The number of rotatable bonds is 6. The standard InChI is InChI=1S/C12H17NO5.C7H8O2.CH4O/c1-5-13(12(14)15)8-6-9(16-2)11(18-4)10(7-8)17-3;1-9-7-5-3-2-4-6(7)8;1-2/h6-7H,5H2,1-4H3,(H,14,15);2-5,8H,1H3;2H,1H3. The third-order valence-electron chi connectivity index (χ3n) is 3.59. The normalized spacial score (nSPS) is 9.07. The molecule has 0 spiro atoms. The molecular weight excluding hydrogens is 382 g/mol. The molecule has 0 unspecified atom stereocenters. The molecule has 0 aromatic heterocycles. The molecule has 0 heterocycles. The first kappa shape index (κ1) is 25.7. The number of amides is 1. The number of methoxy groups -OCH3 is 4. The lowest BCUT2D eigenvalue weighted by atomic mass is 10.2. The van der Waals surface area contributed by atoms with Gasteiger partial charge in [0.2, 0.25) is 5.75 Å². The number of benzene rings is 2. The summed E-state index contributed by atoms with van der Waals surface area (Å²) < 4.78 is 20.3. The Morgan fingerprint density at radius 3 is 1.69 bits per heavy atom. The smallest absolute Gasteiger partial charge is 0.411 e. The molecule has 9 nitrogen and oxygen atoms in total. The molecule has 0 radical (unpaired) electrons. The summed E-state index contributed by atoms with van der Waals surface area (Å²) in [6.45, 7) is 2.07. The highest BCUT2D eigenvalue weighted by Crippen LogP contribution is 2.41. The monoisotopic (exact) mass is 411 g/mol. The molecule has 0 aliphatic rings. The van der Waals surface area contributed by atoms with Gasteiger partial charge in [-0.05, 0) is 19.1 Å². The molecule has 1 amide bonds. The van der Waals surface area contributed by atoms with Crippen LogP contribution in [0.3, 0.4) is 0 Å². The van der Waals surface area contributed by atoms with Gasteiger partial charge in [0.05, 0.1) is 34.1 Å². The van der Waals surface area contributed by atoms with Crippen molar-refractivity contribution in [2.45, 2.75) is 6.92 Å².